The zero-order valence-corrected chi connectivity index (χ0v) is 10.8. The van der Waals surface area contributed by atoms with Crippen LogP contribution in [0.4, 0.5) is 0 Å². The van der Waals surface area contributed by atoms with E-state index in [4.69, 9.17) is 9.84 Å². The molecule has 1 amide bonds. The maximum Gasteiger partial charge on any atom is 0.328 e. The monoisotopic (exact) mass is 267 g/mol. The zero-order valence-electron chi connectivity index (χ0n) is 10.8. The van der Waals surface area contributed by atoms with Crippen molar-refractivity contribution >= 4 is 11.9 Å². The van der Waals surface area contributed by atoms with Crippen molar-refractivity contribution < 1.29 is 24.5 Å². The van der Waals surface area contributed by atoms with Crippen LogP contribution in [0.1, 0.15) is 12.5 Å². The van der Waals surface area contributed by atoms with E-state index in [0.29, 0.717) is 5.75 Å². The van der Waals surface area contributed by atoms with Gasteiger partial charge in [-0.2, -0.15) is 0 Å². The lowest BCUT2D eigenvalue weighted by Crippen LogP contribution is -2.49. The van der Waals surface area contributed by atoms with Crippen molar-refractivity contribution in [2.45, 2.75) is 26.0 Å². The molecule has 0 aromatic heterocycles. The third-order valence-corrected chi connectivity index (χ3v) is 2.52. The van der Waals surface area contributed by atoms with Crippen molar-refractivity contribution in [1.82, 2.24) is 5.32 Å². The molecule has 0 bridgehead atoms. The van der Waals surface area contributed by atoms with Gasteiger partial charge in [0.15, 0.2) is 12.6 Å². The van der Waals surface area contributed by atoms with Gasteiger partial charge < -0.3 is 20.3 Å². The highest BCUT2D eigenvalue weighted by molar-refractivity contribution is 5.84. The first-order valence-electron chi connectivity index (χ1n) is 5.80. The summed E-state index contributed by atoms with van der Waals surface area (Å²) in [6, 6.07) is 5.83. The standard InChI is InChI=1S/C13H17NO5/c1-8-5-3-4-6-10(8)19-7-11(16)14-12(9(2)15)13(17)18/h3-6,9,12,15H,7H2,1-2H3,(H,14,16)(H,17,18). The number of rotatable bonds is 6. The van der Waals surface area contributed by atoms with Crippen LogP contribution in [-0.2, 0) is 9.59 Å². The minimum atomic E-state index is -1.34. The van der Waals surface area contributed by atoms with E-state index in [0.717, 1.165) is 5.56 Å². The molecule has 2 atom stereocenters. The van der Waals surface area contributed by atoms with Crippen LogP contribution in [-0.4, -0.2) is 40.8 Å². The highest BCUT2D eigenvalue weighted by Gasteiger charge is 2.24. The van der Waals surface area contributed by atoms with E-state index >= 15 is 0 Å². The van der Waals surface area contributed by atoms with Gasteiger partial charge in [0.05, 0.1) is 6.10 Å². The first-order valence-corrected chi connectivity index (χ1v) is 5.80. The average molecular weight is 267 g/mol. The number of aliphatic hydroxyl groups excluding tert-OH is 1. The number of aliphatic hydroxyl groups is 1. The van der Waals surface area contributed by atoms with Gasteiger partial charge in [-0.25, -0.2) is 4.79 Å². The second-order valence-corrected chi connectivity index (χ2v) is 4.18. The molecule has 0 saturated carbocycles. The van der Waals surface area contributed by atoms with Gasteiger partial charge in [0, 0.05) is 0 Å². The molecule has 0 spiro atoms. The Hall–Kier alpha value is -2.08. The van der Waals surface area contributed by atoms with Crippen molar-refractivity contribution in [2.24, 2.45) is 0 Å². The van der Waals surface area contributed by atoms with E-state index in [1.54, 1.807) is 12.1 Å². The predicted molar refractivity (Wildman–Crippen MR) is 67.9 cm³/mol. The molecule has 0 aliphatic carbocycles. The number of ether oxygens (including phenoxy) is 1. The number of aliphatic carboxylic acids is 1. The minimum absolute atomic E-state index is 0.304. The fourth-order valence-corrected chi connectivity index (χ4v) is 1.47. The molecule has 0 radical (unpaired) electrons. The van der Waals surface area contributed by atoms with Gasteiger partial charge in [-0.3, -0.25) is 4.79 Å². The van der Waals surface area contributed by atoms with Crippen LogP contribution in [0.2, 0.25) is 0 Å². The normalized spacial score (nSPS) is 13.4. The number of aryl methyl sites for hydroxylation is 1. The molecule has 3 N–H and O–H groups in total. The molecule has 1 rings (SSSR count). The van der Waals surface area contributed by atoms with Crippen LogP contribution >= 0.6 is 0 Å². The molecule has 0 heterocycles. The number of carbonyl (C=O) groups is 2. The van der Waals surface area contributed by atoms with E-state index in [1.807, 2.05) is 19.1 Å². The topological polar surface area (TPSA) is 95.9 Å². The summed E-state index contributed by atoms with van der Waals surface area (Å²) in [5.41, 5.74) is 0.876. The van der Waals surface area contributed by atoms with E-state index in [2.05, 4.69) is 5.32 Å². The Bertz CT molecular complexity index is 458. The molecule has 1 aromatic rings. The average Bonchev–Trinajstić information content (AvgIpc) is 2.34. The Labute approximate surface area is 111 Å². The molecular formula is C13H17NO5. The summed E-state index contributed by atoms with van der Waals surface area (Å²) in [5, 5.41) is 20.2. The van der Waals surface area contributed by atoms with Gasteiger partial charge in [-0.15, -0.1) is 0 Å². The molecule has 19 heavy (non-hydrogen) atoms. The van der Waals surface area contributed by atoms with Crippen LogP contribution in [0.5, 0.6) is 5.75 Å². The fraction of sp³-hybridized carbons (Fsp3) is 0.385. The lowest BCUT2D eigenvalue weighted by Gasteiger charge is -2.17. The smallest absolute Gasteiger partial charge is 0.328 e. The highest BCUT2D eigenvalue weighted by Crippen LogP contribution is 2.15. The lowest BCUT2D eigenvalue weighted by atomic mass is 10.2. The van der Waals surface area contributed by atoms with Gasteiger partial charge in [0.2, 0.25) is 0 Å². The van der Waals surface area contributed by atoms with E-state index in [1.165, 1.54) is 6.92 Å². The quantitative estimate of drug-likeness (QED) is 0.690. The Kier molecular flexibility index (Phi) is 5.32. The van der Waals surface area contributed by atoms with Crippen LogP contribution in [0.25, 0.3) is 0 Å². The van der Waals surface area contributed by atoms with E-state index in [-0.39, 0.29) is 6.61 Å². The van der Waals surface area contributed by atoms with Crippen molar-refractivity contribution in [3.63, 3.8) is 0 Å². The van der Waals surface area contributed by atoms with Gasteiger partial charge in [-0.05, 0) is 25.5 Å². The van der Waals surface area contributed by atoms with Gasteiger partial charge in [0.1, 0.15) is 5.75 Å². The summed E-state index contributed by atoms with van der Waals surface area (Å²) < 4.78 is 5.27. The molecule has 0 aliphatic rings. The first-order chi connectivity index (χ1) is 8.91. The maximum absolute atomic E-state index is 11.5. The number of para-hydroxylation sites is 1. The molecule has 6 heteroatoms. The van der Waals surface area contributed by atoms with Gasteiger partial charge in [-0.1, -0.05) is 18.2 Å². The molecule has 0 saturated heterocycles. The van der Waals surface area contributed by atoms with Crippen LogP contribution in [0.3, 0.4) is 0 Å². The maximum atomic E-state index is 11.5. The van der Waals surface area contributed by atoms with Crippen molar-refractivity contribution in [3.8, 4) is 5.75 Å². The van der Waals surface area contributed by atoms with Crippen molar-refractivity contribution in [1.29, 1.82) is 0 Å². The SMILES string of the molecule is Cc1ccccc1OCC(=O)NC(C(=O)O)C(C)O. The van der Waals surface area contributed by atoms with Gasteiger partial charge in [0.25, 0.3) is 5.91 Å². The molecule has 0 fully saturated rings. The Morgan fingerprint density at radius 1 is 1.37 bits per heavy atom. The van der Waals surface area contributed by atoms with Crippen LogP contribution < -0.4 is 10.1 Å². The third-order valence-electron chi connectivity index (χ3n) is 2.52. The molecule has 6 nitrogen and oxygen atoms in total. The summed E-state index contributed by atoms with van der Waals surface area (Å²) in [6.45, 7) is 2.83. The molecular weight excluding hydrogens is 250 g/mol. The second-order valence-electron chi connectivity index (χ2n) is 4.18. The fourth-order valence-electron chi connectivity index (χ4n) is 1.47. The third kappa shape index (κ3) is 4.59. The number of carboxylic acids is 1. The summed E-state index contributed by atoms with van der Waals surface area (Å²) in [5.74, 6) is -1.34. The minimum Gasteiger partial charge on any atom is -0.484 e. The highest BCUT2D eigenvalue weighted by atomic mass is 16.5. The zero-order chi connectivity index (χ0) is 14.4. The number of hydrogen-bond donors (Lipinski definition) is 3. The Balaban J connectivity index is 2.52. The molecule has 104 valence electrons. The summed E-state index contributed by atoms with van der Waals surface area (Å²) in [6.07, 6.45) is -1.18. The summed E-state index contributed by atoms with van der Waals surface area (Å²) in [4.78, 5) is 22.3. The molecule has 0 aliphatic heterocycles. The number of hydrogen-bond acceptors (Lipinski definition) is 4. The van der Waals surface area contributed by atoms with Crippen LogP contribution in [0, 0.1) is 6.92 Å². The second kappa shape index (κ2) is 6.75. The molecule has 1 aromatic carbocycles. The number of carbonyl (C=O) groups excluding carboxylic acids is 1. The van der Waals surface area contributed by atoms with Crippen molar-refractivity contribution in [3.05, 3.63) is 29.8 Å². The van der Waals surface area contributed by atoms with Crippen molar-refractivity contribution in [2.75, 3.05) is 6.61 Å². The lowest BCUT2D eigenvalue weighted by molar-refractivity contribution is -0.145. The number of nitrogens with one attached hydrogen (secondary N) is 1. The van der Waals surface area contributed by atoms with Crippen LogP contribution in [0.15, 0.2) is 24.3 Å². The summed E-state index contributed by atoms with van der Waals surface area (Å²) >= 11 is 0. The number of carboxylic acid groups (broad SMARTS) is 1. The number of benzene rings is 1. The van der Waals surface area contributed by atoms with E-state index < -0.39 is 24.0 Å². The Morgan fingerprint density at radius 3 is 2.53 bits per heavy atom. The Morgan fingerprint density at radius 2 is 2.00 bits per heavy atom. The van der Waals surface area contributed by atoms with E-state index in [9.17, 15) is 14.7 Å². The first kappa shape index (κ1) is 15.0. The molecule has 2 unspecified atom stereocenters. The number of amides is 1. The largest absolute Gasteiger partial charge is 0.484 e. The summed E-state index contributed by atoms with van der Waals surface area (Å²) in [7, 11) is 0. The predicted octanol–water partition coefficient (Wildman–Crippen LogP) is 0.324. The van der Waals surface area contributed by atoms with Gasteiger partial charge >= 0.3 is 5.97 Å².